The number of oxazole rings is 2. The van der Waals surface area contributed by atoms with Gasteiger partial charge in [-0.1, -0.05) is 103 Å². The van der Waals surface area contributed by atoms with E-state index in [0.717, 1.165) is 94.7 Å². The highest BCUT2D eigenvalue weighted by Crippen LogP contribution is 2.40. The van der Waals surface area contributed by atoms with Crippen molar-refractivity contribution >= 4 is 61.1 Å². The minimum absolute atomic E-state index is 0.609. The summed E-state index contributed by atoms with van der Waals surface area (Å²) in [5.41, 5.74) is 16.2. The molecule has 3 heterocycles. The van der Waals surface area contributed by atoms with E-state index in [-0.39, 0.29) is 0 Å². The average Bonchev–Trinajstić information content (AvgIpc) is 4.07. The molecule has 0 bridgehead atoms. The van der Waals surface area contributed by atoms with Crippen LogP contribution >= 0.6 is 0 Å². The number of para-hydroxylation sites is 6. The fourth-order valence-electron chi connectivity index (χ4n) is 8.68. The summed E-state index contributed by atoms with van der Waals surface area (Å²) in [5.74, 6) is 1.23. The van der Waals surface area contributed by atoms with E-state index in [1.54, 1.807) is 0 Å². The minimum atomic E-state index is 0.609. The topological polar surface area (TPSA) is 60.2 Å². The Balaban J connectivity index is 0.889. The summed E-state index contributed by atoms with van der Waals surface area (Å²) < 4.78 is 14.6. The summed E-state index contributed by atoms with van der Waals surface area (Å²) in [6, 6.07) is 76.2. The Morgan fingerprint density at radius 2 is 0.871 bits per heavy atom. The van der Waals surface area contributed by atoms with E-state index in [4.69, 9.17) is 18.8 Å². The van der Waals surface area contributed by atoms with Gasteiger partial charge in [0.05, 0.1) is 11.0 Å². The molecule has 0 spiro atoms. The number of aromatic nitrogens is 3. The molecule has 6 nitrogen and oxygen atoms in total. The Morgan fingerprint density at radius 1 is 0.339 bits per heavy atom. The normalized spacial score (nSPS) is 11.5. The van der Waals surface area contributed by atoms with Crippen molar-refractivity contribution in [3.8, 4) is 50.8 Å². The van der Waals surface area contributed by atoms with Crippen LogP contribution in [-0.2, 0) is 0 Å². The van der Waals surface area contributed by atoms with E-state index in [2.05, 4.69) is 173 Å². The Morgan fingerprint density at radius 3 is 1.60 bits per heavy atom. The molecule has 3 aromatic heterocycles. The Kier molecular flexibility index (Phi) is 8.38. The molecule has 0 fully saturated rings. The van der Waals surface area contributed by atoms with E-state index in [1.807, 2.05) is 54.6 Å². The van der Waals surface area contributed by atoms with Gasteiger partial charge in [-0.15, -0.1) is 0 Å². The van der Waals surface area contributed by atoms with E-state index in [1.165, 1.54) is 5.39 Å². The first-order valence-corrected chi connectivity index (χ1v) is 20.7. The second-order valence-electron chi connectivity index (χ2n) is 15.5. The molecule has 0 aliphatic carbocycles. The summed E-state index contributed by atoms with van der Waals surface area (Å²) in [4.78, 5) is 11.8. The standard InChI is InChI=1S/C56H36N4O2/c1-2-17-43(18-3-1)59(44-30-27-37(28-31-44)55-57-49-22-5-8-25-53(49)61-55)45-19-11-15-40(34-45)38-13-10-14-39(33-38)41-16-12-20-46(35-41)60-51-24-7-4-21-47(51)48-36-42(29-32-52(48)60)56-58-50-23-6-9-26-54(50)62-56/h1-36H. The molecule has 0 unspecified atom stereocenters. The van der Waals surface area contributed by atoms with Crippen LogP contribution in [0.25, 0.3) is 94.9 Å². The zero-order chi connectivity index (χ0) is 41.0. The van der Waals surface area contributed by atoms with Gasteiger partial charge in [0.1, 0.15) is 11.0 Å². The number of fused-ring (bicyclic) bond motifs is 5. The van der Waals surface area contributed by atoms with Crippen molar-refractivity contribution in [2.24, 2.45) is 0 Å². The monoisotopic (exact) mass is 796 g/mol. The van der Waals surface area contributed by atoms with Gasteiger partial charge in [0.25, 0.3) is 0 Å². The molecule has 6 heteroatoms. The van der Waals surface area contributed by atoms with Gasteiger partial charge in [-0.05, 0) is 138 Å². The van der Waals surface area contributed by atoms with E-state index < -0.39 is 0 Å². The van der Waals surface area contributed by atoms with Gasteiger partial charge in [0.15, 0.2) is 11.2 Å². The van der Waals surface area contributed by atoms with Gasteiger partial charge in [-0.2, -0.15) is 0 Å². The molecule has 292 valence electrons. The average molecular weight is 797 g/mol. The molecular formula is C56H36N4O2. The zero-order valence-corrected chi connectivity index (χ0v) is 33.4. The highest BCUT2D eigenvalue weighted by Gasteiger charge is 2.18. The molecular weight excluding hydrogens is 761 g/mol. The van der Waals surface area contributed by atoms with Crippen LogP contribution in [0, 0.1) is 0 Å². The summed E-state index contributed by atoms with van der Waals surface area (Å²) in [5, 5.41) is 2.33. The lowest BCUT2D eigenvalue weighted by molar-refractivity contribution is 0.619. The second kappa shape index (κ2) is 14.7. The maximum atomic E-state index is 6.17. The third kappa shape index (κ3) is 6.21. The smallest absolute Gasteiger partial charge is 0.227 e. The highest BCUT2D eigenvalue weighted by atomic mass is 16.4. The van der Waals surface area contributed by atoms with E-state index in [9.17, 15) is 0 Å². The minimum Gasteiger partial charge on any atom is -0.436 e. The zero-order valence-electron chi connectivity index (χ0n) is 33.4. The van der Waals surface area contributed by atoms with Crippen molar-refractivity contribution in [3.05, 3.63) is 218 Å². The quantitative estimate of drug-likeness (QED) is 0.153. The van der Waals surface area contributed by atoms with Crippen LogP contribution < -0.4 is 4.90 Å². The fourth-order valence-corrected chi connectivity index (χ4v) is 8.68. The molecule has 0 aliphatic heterocycles. The first kappa shape index (κ1) is 35.5. The van der Waals surface area contributed by atoms with Crippen LogP contribution in [0.2, 0.25) is 0 Å². The molecule has 9 aromatic carbocycles. The largest absolute Gasteiger partial charge is 0.436 e. The number of benzene rings is 9. The summed E-state index contributed by atoms with van der Waals surface area (Å²) >= 11 is 0. The van der Waals surface area contributed by atoms with Gasteiger partial charge in [0, 0.05) is 44.6 Å². The first-order chi connectivity index (χ1) is 30.7. The molecule has 0 saturated carbocycles. The number of rotatable bonds is 8. The third-order valence-electron chi connectivity index (χ3n) is 11.6. The third-order valence-corrected chi connectivity index (χ3v) is 11.6. The molecule has 12 aromatic rings. The lowest BCUT2D eigenvalue weighted by Crippen LogP contribution is -2.09. The molecule has 0 saturated heterocycles. The van der Waals surface area contributed by atoms with Crippen molar-refractivity contribution in [2.75, 3.05) is 4.90 Å². The van der Waals surface area contributed by atoms with Gasteiger partial charge in [-0.3, -0.25) is 0 Å². The van der Waals surface area contributed by atoms with Crippen molar-refractivity contribution in [1.82, 2.24) is 14.5 Å². The van der Waals surface area contributed by atoms with Crippen molar-refractivity contribution in [3.63, 3.8) is 0 Å². The Hall–Kier alpha value is -8.48. The fraction of sp³-hybridized carbons (Fsp3) is 0. The molecule has 0 aliphatic rings. The van der Waals surface area contributed by atoms with E-state index >= 15 is 0 Å². The van der Waals surface area contributed by atoms with E-state index in [0.29, 0.717) is 11.8 Å². The van der Waals surface area contributed by atoms with Gasteiger partial charge >= 0.3 is 0 Å². The molecule has 0 N–H and O–H groups in total. The van der Waals surface area contributed by atoms with Crippen LogP contribution in [0.4, 0.5) is 17.1 Å². The number of hydrogen-bond acceptors (Lipinski definition) is 5. The molecule has 0 radical (unpaired) electrons. The summed E-state index contributed by atoms with van der Waals surface area (Å²) in [6.07, 6.45) is 0. The summed E-state index contributed by atoms with van der Waals surface area (Å²) in [6.45, 7) is 0. The highest BCUT2D eigenvalue weighted by molar-refractivity contribution is 6.10. The lowest BCUT2D eigenvalue weighted by Gasteiger charge is -2.26. The van der Waals surface area contributed by atoms with Crippen molar-refractivity contribution < 1.29 is 8.83 Å². The lowest BCUT2D eigenvalue weighted by atomic mass is 9.98. The Labute approximate surface area is 357 Å². The van der Waals surface area contributed by atoms with Gasteiger partial charge in [-0.25, -0.2) is 9.97 Å². The second-order valence-corrected chi connectivity index (χ2v) is 15.5. The maximum absolute atomic E-state index is 6.17. The predicted molar refractivity (Wildman–Crippen MR) is 252 cm³/mol. The SMILES string of the molecule is c1ccc(N(c2ccc(-c3nc4ccccc4o3)cc2)c2cccc(-c3cccc(-c4cccc(-n5c6ccccc6c6cc(-c7nc8ccccc8o7)ccc65)c4)c3)c2)cc1. The number of nitrogens with zero attached hydrogens (tertiary/aromatic N) is 4. The summed E-state index contributed by atoms with van der Waals surface area (Å²) in [7, 11) is 0. The number of hydrogen-bond donors (Lipinski definition) is 0. The molecule has 62 heavy (non-hydrogen) atoms. The molecule has 0 amide bonds. The predicted octanol–water partition coefficient (Wildman–Crippen LogP) is 15.2. The van der Waals surface area contributed by atoms with Gasteiger partial charge < -0.3 is 18.3 Å². The van der Waals surface area contributed by atoms with Crippen LogP contribution in [0.5, 0.6) is 0 Å². The molecule has 12 rings (SSSR count). The number of anilines is 3. The van der Waals surface area contributed by atoms with Crippen molar-refractivity contribution in [2.45, 2.75) is 0 Å². The van der Waals surface area contributed by atoms with Crippen molar-refractivity contribution in [1.29, 1.82) is 0 Å². The Bertz CT molecular complexity index is 3530. The first-order valence-electron chi connectivity index (χ1n) is 20.7. The van der Waals surface area contributed by atoms with Crippen LogP contribution in [0.3, 0.4) is 0 Å². The van der Waals surface area contributed by atoms with Crippen LogP contribution in [0.15, 0.2) is 227 Å². The van der Waals surface area contributed by atoms with Crippen LogP contribution in [0.1, 0.15) is 0 Å². The molecule has 0 atom stereocenters. The van der Waals surface area contributed by atoms with Gasteiger partial charge in [0.2, 0.25) is 11.8 Å². The maximum Gasteiger partial charge on any atom is 0.227 e. The van der Waals surface area contributed by atoms with Crippen LogP contribution in [-0.4, -0.2) is 14.5 Å².